The van der Waals surface area contributed by atoms with Crippen molar-refractivity contribution in [2.75, 3.05) is 19.8 Å². The Morgan fingerprint density at radius 1 is 1.38 bits per heavy atom. The standard InChI is InChI=1S/C18H23FN2O3/c1-12-16(14-4-6-15(19)7-5-14)21-24-17(12)18(22)20-9-2-3-13-8-10-23-11-13/h4-7,12-13,17H,2-3,8-11H2,1H3,(H,20,22)/t12-,13+,17-/m1/s1. The molecular weight excluding hydrogens is 311 g/mol. The molecular formula is C18H23FN2O3. The van der Waals surface area contributed by atoms with Gasteiger partial charge in [0.1, 0.15) is 5.82 Å². The molecule has 3 atom stereocenters. The maximum atomic E-state index is 13.0. The van der Waals surface area contributed by atoms with Crippen molar-refractivity contribution < 1.29 is 18.8 Å². The molecule has 0 aromatic heterocycles. The third-order valence-corrected chi connectivity index (χ3v) is 4.66. The number of benzene rings is 1. The van der Waals surface area contributed by atoms with Gasteiger partial charge in [-0.15, -0.1) is 0 Å². The molecule has 1 aromatic carbocycles. The average Bonchev–Trinajstić information content (AvgIpc) is 3.22. The molecule has 0 aliphatic carbocycles. The van der Waals surface area contributed by atoms with Gasteiger partial charge in [-0.1, -0.05) is 24.2 Å². The lowest BCUT2D eigenvalue weighted by Crippen LogP contribution is -2.39. The molecule has 0 bridgehead atoms. The molecule has 6 heteroatoms. The van der Waals surface area contributed by atoms with Crippen LogP contribution in [0.5, 0.6) is 0 Å². The van der Waals surface area contributed by atoms with Gasteiger partial charge in [-0.3, -0.25) is 4.79 Å². The van der Waals surface area contributed by atoms with Crippen molar-refractivity contribution in [2.24, 2.45) is 17.0 Å². The van der Waals surface area contributed by atoms with E-state index in [0.717, 1.165) is 38.0 Å². The quantitative estimate of drug-likeness (QED) is 0.813. The summed E-state index contributed by atoms with van der Waals surface area (Å²) in [6, 6.07) is 6.06. The van der Waals surface area contributed by atoms with Crippen LogP contribution in [0.3, 0.4) is 0 Å². The van der Waals surface area contributed by atoms with Gasteiger partial charge in [-0.25, -0.2) is 4.39 Å². The highest BCUT2D eigenvalue weighted by Gasteiger charge is 2.36. The Kier molecular flexibility index (Phi) is 5.45. The van der Waals surface area contributed by atoms with Crippen LogP contribution in [0.1, 0.15) is 31.7 Å². The number of ether oxygens (including phenoxy) is 1. The van der Waals surface area contributed by atoms with E-state index in [1.165, 1.54) is 12.1 Å². The van der Waals surface area contributed by atoms with Crippen molar-refractivity contribution in [3.05, 3.63) is 35.6 Å². The summed E-state index contributed by atoms with van der Waals surface area (Å²) in [7, 11) is 0. The van der Waals surface area contributed by atoms with Gasteiger partial charge in [0, 0.05) is 19.8 Å². The number of hydrogen-bond donors (Lipinski definition) is 1. The van der Waals surface area contributed by atoms with E-state index in [1.807, 2.05) is 6.92 Å². The Morgan fingerprint density at radius 3 is 2.88 bits per heavy atom. The molecule has 1 aromatic rings. The predicted molar refractivity (Wildman–Crippen MR) is 88.1 cm³/mol. The number of rotatable bonds is 6. The third kappa shape index (κ3) is 3.93. The highest BCUT2D eigenvalue weighted by molar-refractivity contribution is 6.05. The van der Waals surface area contributed by atoms with E-state index in [1.54, 1.807) is 12.1 Å². The van der Waals surface area contributed by atoms with Gasteiger partial charge in [0.05, 0.1) is 11.6 Å². The minimum absolute atomic E-state index is 0.147. The van der Waals surface area contributed by atoms with E-state index in [0.29, 0.717) is 18.2 Å². The highest BCUT2D eigenvalue weighted by atomic mass is 19.1. The van der Waals surface area contributed by atoms with Gasteiger partial charge in [0.2, 0.25) is 6.10 Å². The zero-order valence-corrected chi connectivity index (χ0v) is 13.8. The largest absolute Gasteiger partial charge is 0.381 e. The Bertz CT molecular complexity index is 597. The second kappa shape index (κ2) is 7.75. The summed E-state index contributed by atoms with van der Waals surface area (Å²) in [6.45, 7) is 4.22. The fourth-order valence-corrected chi connectivity index (χ4v) is 3.16. The Labute approximate surface area is 141 Å². The third-order valence-electron chi connectivity index (χ3n) is 4.66. The zero-order valence-electron chi connectivity index (χ0n) is 13.8. The molecule has 24 heavy (non-hydrogen) atoms. The van der Waals surface area contributed by atoms with Crippen molar-refractivity contribution in [3.63, 3.8) is 0 Å². The summed E-state index contributed by atoms with van der Waals surface area (Å²) < 4.78 is 18.4. The van der Waals surface area contributed by atoms with Crippen molar-refractivity contribution in [3.8, 4) is 0 Å². The van der Waals surface area contributed by atoms with E-state index < -0.39 is 6.10 Å². The SMILES string of the molecule is C[C@@H]1C(c2ccc(F)cc2)=NO[C@H]1C(=O)NCCC[C@H]1CCOC1. The molecule has 1 fully saturated rings. The topological polar surface area (TPSA) is 59.9 Å². The van der Waals surface area contributed by atoms with Crippen LogP contribution in [-0.2, 0) is 14.4 Å². The Hall–Kier alpha value is -1.95. The monoisotopic (exact) mass is 334 g/mol. The van der Waals surface area contributed by atoms with Crippen LogP contribution in [0.2, 0.25) is 0 Å². The molecule has 1 saturated heterocycles. The van der Waals surface area contributed by atoms with E-state index in [4.69, 9.17) is 9.57 Å². The van der Waals surface area contributed by atoms with Crippen molar-refractivity contribution in [1.82, 2.24) is 5.32 Å². The van der Waals surface area contributed by atoms with Crippen LogP contribution in [0.25, 0.3) is 0 Å². The van der Waals surface area contributed by atoms with Crippen molar-refractivity contribution in [1.29, 1.82) is 0 Å². The summed E-state index contributed by atoms with van der Waals surface area (Å²) in [6.07, 6.45) is 2.50. The number of oxime groups is 1. The van der Waals surface area contributed by atoms with Crippen LogP contribution in [0.4, 0.5) is 4.39 Å². The summed E-state index contributed by atoms with van der Waals surface area (Å²) in [5.74, 6) is 0.00886. The second-order valence-corrected chi connectivity index (χ2v) is 6.46. The molecule has 1 amide bonds. The molecule has 2 aliphatic rings. The smallest absolute Gasteiger partial charge is 0.264 e. The number of amides is 1. The van der Waals surface area contributed by atoms with E-state index in [-0.39, 0.29) is 17.6 Å². The highest BCUT2D eigenvalue weighted by Crippen LogP contribution is 2.23. The van der Waals surface area contributed by atoms with Gasteiger partial charge in [-0.2, -0.15) is 0 Å². The van der Waals surface area contributed by atoms with Gasteiger partial charge < -0.3 is 14.9 Å². The molecule has 1 N–H and O–H groups in total. The second-order valence-electron chi connectivity index (χ2n) is 6.46. The molecule has 0 radical (unpaired) electrons. The predicted octanol–water partition coefficient (Wildman–Crippen LogP) is 2.50. The molecule has 5 nitrogen and oxygen atoms in total. The fraction of sp³-hybridized carbons (Fsp3) is 0.556. The lowest BCUT2D eigenvalue weighted by molar-refractivity contribution is -0.132. The molecule has 0 saturated carbocycles. The molecule has 130 valence electrons. The van der Waals surface area contributed by atoms with Gasteiger partial charge in [-0.05, 0) is 42.9 Å². The number of nitrogens with zero attached hydrogens (tertiary/aromatic N) is 1. The lowest BCUT2D eigenvalue weighted by atomic mass is 9.93. The number of hydrogen-bond acceptors (Lipinski definition) is 4. The van der Waals surface area contributed by atoms with E-state index in [9.17, 15) is 9.18 Å². The Balaban J connectivity index is 1.45. The first-order valence-corrected chi connectivity index (χ1v) is 8.50. The zero-order chi connectivity index (χ0) is 16.9. The summed E-state index contributed by atoms with van der Waals surface area (Å²) in [5.41, 5.74) is 1.46. The van der Waals surface area contributed by atoms with Crippen LogP contribution in [0.15, 0.2) is 29.4 Å². The first kappa shape index (κ1) is 16.9. The average molecular weight is 334 g/mol. The number of halogens is 1. The lowest BCUT2D eigenvalue weighted by Gasteiger charge is -2.15. The van der Waals surface area contributed by atoms with Gasteiger partial charge in [0.15, 0.2) is 0 Å². The normalized spacial score (nSPS) is 26.1. The van der Waals surface area contributed by atoms with E-state index >= 15 is 0 Å². The molecule has 0 spiro atoms. The summed E-state index contributed by atoms with van der Waals surface area (Å²) >= 11 is 0. The maximum Gasteiger partial charge on any atom is 0.264 e. The summed E-state index contributed by atoms with van der Waals surface area (Å²) in [4.78, 5) is 17.6. The number of carbonyl (C=O) groups is 1. The van der Waals surface area contributed by atoms with Crippen molar-refractivity contribution >= 4 is 11.6 Å². The van der Waals surface area contributed by atoms with Gasteiger partial charge in [0.25, 0.3) is 5.91 Å². The Morgan fingerprint density at radius 2 is 2.17 bits per heavy atom. The fourth-order valence-electron chi connectivity index (χ4n) is 3.16. The molecule has 2 aliphatic heterocycles. The number of nitrogens with one attached hydrogen (secondary N) is 1. The van der Waals surface area contributed by atoms with Crippen LogP contribution in [0, 0.1) is 17.7 Å². The molecule has 3 rings (SSSR count). The summed E-state index contributed by atoms with van der Waals surface area (Å²) in [5, 5.41) is 6.95. The van der Waals surface area contributed by atoms with Gasteiger partial charge >= 0.3 is 0 Å². The minimum Gasteiger partial charge on any atom is -0.381 e. The minimum atomic E-state index is -0.625. The van der Waals surface area contributed by atoms with E-state index in [2.05, 4.69) is 10.5 Å². The van der Waals surface area contributed by atoms with Crippen LogP contribution >= 0.6 is 0 Å². The number of carbonyl (C=O) groups excluding carboxylic acids is 1. The first-order valence-electron chi connectivity index (χ1n) is 8.50. The molecule has 0 unspecified atom stereocenters. The van der Waals surface area contributed by atoms with Crippen LogP contribution < -0.4 is 5.32 Å². The van der Waals surface area contributed by atoms with Crippen LogP contribution in [-0.4, -0.2) is 37.5 Å². The maximum absolute atomic E-state index is 13.0. The molecule has 2 heterocycles. The first-order chi connectivity index (χ1) is 11.6. The van der Waals surface area contributed by atoms with Crippen molar-refractivity contribution in [2.45, 2.75) is 32.3 Å².